The quantitative estimate of drug-likeness (QED) is 0.653. The van der Waals surface area contributed by atoms with Crippen molar-refractivity contribution in [3.8, 4) is 0 Å². The number of fused-ring (bicyclic) bond motifs is 5. The highest BCUT2D eigenvalue weighted by Crippen LogP contribution is 2.64. The Balaban J connectivity index is 1.68. The smallest absolute Gasteiger partial charge is 0.0665 e. The summed E-state index contributed by atoms with van der Waals surface area (Å²) in [5.74, 6) is 1.58. The first-order valence-electron chi connectivity index (χ1n) is 9.19. The maximum absolute atomic E-state index is 10.4. The van der Waals surface area contributed by atoms with Crippen molar-refractivity contribution in [1.82, 2.24) is 0 Å². The molecular weight excluding hydrogens is 276 g/mol. The summed E-state index contributed by atoms with van der Waals surface area (Å²) in [5, 5.41) is 30.8. The Morgan fingerprint density at radius 3 is 2.73 bits per heavy atom. The Morgan fingerprint density at radius 1 is 1.14 bits per heavy atom. The van der Waals surface area contributed by atoms with E-state index in [0.29, 0.717) is 17.8 Å². The van der Waals surface area contributed by atoms with Gasteiger partial charge in [0.1, 0.15) is 0 Å². The number of hydrogen-bond donors (Lipinski definition) is 3. The van der Waals surface area contributed by atoms with Gasteiger partial charge in [0.2, 0.25) is 0 Å². The molecule has 3 N–H and O–H groups in total. The maximum atomic E-state index is 10.4. The van der Waals surface area contributed by atoms with E-state index < -0.39 is 0 Å². The summed E-state index contributed by atoms with van der Waals surface area (Å²) in [5.41, 5.74) is 1.50. The highest BCUT2D eigenvalue weighted by atomic mass is 16.3. The van der Waals surface area contributed by atoms with Crippen molar-refractivity contribution in [2.24, 2.45) is 28.6 Å². The van der Waals surface area contributed by atoms with Crippen LogP contribution >= 0.6 is 0 Å². The van der Waals surface area contributed by atoms with Crippen LogP contribution in [0.3, 0.4) is 0 Å². The Hall–Kier alpha value is -0.380. The summed E-state index contributed by atoms with van der Waals surface area (Å²) in [6.07, 6.45) is 9.93. The van der Waals surface area contributed by atoms with Crippen molar-refractivity contribution in [2.75, 3.05) is 6.61 Å². The third-order valence-corrected chi connectivity index (χ3v) is 7.99. The van der Waals surface area contributed by atoms with Crippen LogP contribution in [0.4, 0.5) is 0 Å². The summed E-state index contributed by atoms with van der Waals surface area (Å²) in [6, 6.07) is 0. The van der Waals surface area contributed by atoms with Crippen LogP contribution in [-0.4, -0.2) is 34.1 Å². The van der Waals surface area contributed by atoms with E-state index in [-0.39, 0.29) is 29.6 Å². The molecular formula is C19H30O3. The Morgan fingerprint density at radius 2 is 1.95 bits per heavy atom. The molecule has 0 aromatic carbocycles. The van der Waals surface area contributed by atoms with Crippen LogP contribution in [0.25, 0.3) is 0 Å². The molecule has 0 spiro atoms. The SMILES string of the molecule is C[C@]12CC[C@H]3[C@@H](CC[C@H]4C[C@@H](O)CC[C@@]43CO)C1=CC[C@@H]2O. The van der Waals surface area contributed by atoms with Crippen LogP contribution in [0, 0.1) is 28.6 Å². The fraction of sp³-hybridized carbons (Fsp3) is 0.895. The molecule has 4 rings (SSSR count). The standard InChI is InChI=1S/C19H30O3/c1-18-8-7-16-14(15(18)4-5-17(18)22)3-2-12-10-13(21)6-9-19(12,16)11-20/h4,12-14,16-17,20-22H,2-3,5-11H2,1H3/t12-,13-,14-,16-,17-,18-,19+/m0/s1. The van der Waals surface area contributed by atoms with Crippen LogP contribution < -0.4 is 0 Å². The lowest BCUT2D eigenvalue weighted by Gasteiger charge is -2.59. The lowest BCUT2D eigenvalue weighted by molar-refractivity contribution is -0.123. The molecule has 7 atom stereocenters. The molecule has 4 aliphatic carbocycles. The van der Waals surface area contributed by atoms with Gasteiger partial charge in [-0.05, 0) is 74.5 Å². The Bertz CT molecular complexity index is 487. The summed E-state index contributed by atoms with van der Waals surface area (Å²) >= 11 is 0. The van der Waals surface area contributed by atoms with Crippen molar-refractivity contribution >= 4 is 0 Å². The summed E-state index contributed by atoms with van der Waals surface area (Å²) < 4.78 is 0. The molecule has 0 radical (unpaired) electrons. The van der Waals surface area contributed by atoms with Gasteiger partial charge in [-0.2, -0.15) is 0 Å². The van der Waals surface area contributed by atoms with Crippen molar-refractivity contribution in [3.63, 3.8) is 0 Å². The number of aliphatic hydroxyl groups excluding tert-OH is 3. The van der Waals surface area contributed by atoms with E-state index in [0.717, 1.165) is 44.9 Å². The van der Waals surface area contributed by atoms with Crippen molar-refractivity contribution < 1.29 is 15.3 Å². The second-order valence-electron chi connectivity index (χ2n) is 8.67. The molecule has 22 heavy (non-hydrogen) atoms. The van der Waals surface area contributed by atoms with Crippen LogP contribution in [0.15, 0.2) is 11.6 Å². The largest absolute Gasteiger partial charge is 0.396 e. The maximum Gasteiger partial charge on any atom is 0.0665 e. The normalized spacial score (nSPS) is 54.2. The highest BCUT2D eigenvalue weighted by molar-refractivity contribution is 5.30. The average Bonchev–Trinajstić information content (AvgIpc) is 2.82. The second kappa shape index (κ2) is 5.06. The van der Waals surface area contributed by atoms with Gasteiger partial charge in [-0.25, -0.2) is 0 Å². The molecule has 0 bridgehead atoms. The van der Waals surface area contributed by atoms with Gasteiger partial charge in [0.05, 0.1) is 12.2 Å². The zero-order valence-corrected chi connectivity index (χ0v) is 13.7. The van der Waals surface area contributed by atoms with Crippen LogP contribution in [0.2, 0.25) is 0 Å². The molecule has 4 aliphatic rings. The van der Waals surface area contributed by atoms with E-state index in [4.69, 9.17) is 0 Å². The average molecular weight is 306 g/mol. The molecule has 3 nitrogen and oxygen atoms in total. The monoisotopic (exact) mass is 306 g/mol. The minimum atomic E-state index is -0.209. The predicted molar refractivity (Wildman–Crippen MR) is 85.1 cm³/mol. The van der Waals surface area contributed by atoms with E-state index in [9.17, 15) is 15.3 Å². The van der Waals surface area contributed by atoms with E-state index in [1.807, 2.05) is 0 Å². The summed E-state index contributed by atoms with van der Waals surface area (Å²) in [6.45, 7) is 2.52. The molecule has 0 amide bonds. The summed E-state index contributed by atoms with van der Waals surface area (Å²) in [4.78, 5) is 0. The molecule has 0 heterocycles. The number of rotatable bonds is 1. The molecule has 0 aliphatic heterocycles. The van der Waals surface area contributed by atoms with Crippen molar-refractivity contribution in [2.45, 2.75) is 70.5 Å². The van der Waals surface area contributed by atoms with E-state index in [2.05, 4.69) is 13.0 Å². The minimum absolute atomic E-state index is 0.0150. The fourth-order valence-corrected chi connectivity index (χ4v) is 6.65. The highest BCUT2D eigenvalue weighted by Gasteiger charge is 2.58. The first kappa shape index (κ1) is 15.2. The summed E-state index contributed by atoms with van der Waals surface area (Å²) in [7, 11) is 0. The zero-order valence-electron chi connectivity index (χ0n) is 13.7. The van der Waals surface area contributed by atoms with Gasteiger partial charge in [-0.1, -0.05) is 18.6 Å². The van der Waals surface area contributed by atoms with Crippen molar-refractivity contribution in [1.29, 1.82) is 0 Å². The molecule has 3 heteroatoms. The number of hydrogen-bond acceptors (Lipinski definition) is 3. The van der Waals surface area contributed by atoms with E-state index in [1.165, 1.54) is 12.0 Å². The van der Waals surface area contributed by atoms with Gasteiger partial charge >= 0.3 is 0 Å². The van der Waals surface area contributed by atoms with Gasteiger partial charge in [0, 0.05) is 12.0 Å². The van der Waals surface area contributed by atoms with Gasteiger partial charge < -0.3 is 15.3 Å². The molecule has 0 aromatic heterocycles. The zero-order chi connectivity index (χ0) is 15.5. The first-order chi connectivity index (χ1) is 10.5. The van der Waals surface area contributed by atoms with Crippen LogP contribution in [0.5, 0.6) is 0 Å². The third-order valence-electron chi connectivity index (χ3n) is 7.99. The van der Waals surface area contributed by atoms with Crippen LogP contribution in [0.1, 0.15) is 58.3 Å². The Kier molecular flexibility index (Phi) is 3.49. The third kappa shape index (κ3) is 1.85. The lowest BCUT2D eigenvalue weighted by atomic mass is 9.46. The molecule has 3 fully saturated rings. The van der Waals surface area contributed by atoms with Gasteiger partial charge in [0.25, 0.3) is 0 Å². The fourth-order valence-electron chi connectivity index (χ4n) is 6.65. The van der Waals surface area contributed by atoms with Gasteiger partial charge in [-0.3, -0.25) is 0 Å². The lowest BCUT2D eigenvalue weighted by Crippen LogP contribution is -2.55. The molecule has 0 aromatic rings. The Labute approximate surface area is 133 Å². The van der Waals surface area contributed by atoms with Gasteiger partial charge in [-0.15, -0.1) is 0 Å². The minimum Gasteiger partial charge on any atom is -0.396 e. The van der Waals surface area contributed by atoms with E-state index in [1.54, 1.807) is 0 Å². The molecule has 0 unspecified atom stereocenters. The number of aliphatic hydroxyl groups is 3. The van der Waals surface area contributed by atoms with Crippen molar-refractivity contribution in [3.05, 3.63) is 11.6 Å². The molecule has 0 saturated heterocycles. The second-order valence-corrected chi connectivity index (χ2v) is 8.67. The molecule has 3 saturated carbocycles. The van der Waals surface area contributed by atoms with Gasteiger partial charge in [0.15, 0.2) is 0 Å². The topological polar surface area (TPSA) is 60.7 Å². The first-order valence-corrected chi connectivity index (χ1v) is 9.19. The predicted octanol–water partition coefficient (Wildman–Crippen LogP) is 2.64. The molecule has 124 valence electrons. The van der Waals surface area contributed by atoms with E-state index >= 15 is 0 Å². The van der Waals surface area contributed by atoms with Crippen LogP contribution in [-0.2, 0) is 0 Å².